The van der Waals surface area contributed by atoms with Crippen molar-refractivity contribution in [3.8, 4) is 17.2 Å². The molecule has 0 heterocycles. The molecule has 2 amide bonds. The molecule has 0 bridgehead atoms. The first-order chi connectivity index (χ1) is 13.5. The molecule has 0 saturated carbocycles. The molecule has 0 aliphatic carbocycles. The van der Waals surface area contributed by atoms with E-state index in [9.17, 15) is 14.9 Å². The summed E-state index contributed by atoms with van der Waals surface area (Å²) in [5, 5.41) is 12.3. The lowest BCUT2D eigenvalue weighted by atomic mass is 9.95. The molecular formula is C23H19N3O2. The topological polar surface area (TPSA) is 73.2 Å². The molecule has 0 aromatic heterocycles. The van der Waals surface area contributed by atoms with E-state index in [0.717, 1.165) is 5.69 Å². The van der Waals surface area contributed by atoms with Crippen LogP contribution in [0.3, 0.4) is 0 Å². The third-order valence-electron chi connectivity index (χ3n) is 4.49. The van der Waals surface area contributed by atoms with Crippen molar-refractivity contribution < 1.29 is 9.59 Å². The first kappa shape index (κ1) is 18.9. The maximum Gasteiger partial charge on any atom is 0.256 e. The highest BCUT2D eigenvalue weighted by molar-refractivity contribution is 6.09. The van der Waals surface area contributed by atoms with Gasteiger partial charge in [0.1, 0.15) is 0 Å². The van der Waals surface area contributed by atoms with Gasteiger partial charge in [-0.3, -0.25) is 9.59 Å². The summed E-state index contributed by atoms with van der Waals surface area (Å²) in [5.41, 5.74) is 3.77. The number of carbonyl (C=O) groups excluding carboxylic acids is 2. The Bertz CT molecular complexity index is 1070. The number of nitriles is 1. The Morgan fingerprint density at radius 1 is 0.893 bits per heavy atom. The number of anilines is 2. The minimum absolute atomic E-state index is 0.0677. The second-order valence-electron chi connectivity index (χ2n) is 6.28. The van der Waals surface area contributed by atoms with Gasteiger partial charge in [0, 0.05) is 36.5 Å². The van der Waals surface area contributed by atoms with Crippen molar-refractivity contribution in [3.63, 3.8) is 0 Å². The van der Waals surface area contributed by atoms with Crippen LogP contribution in [-0.2, 0) is 4.79 Å². The van der Waals surface area contributed by atoms with Crippen LogP contribution in [-0.4, -0.2) is 18.9 Å². The second kappa shape index (κ2) is 8.19. The fourth-order valence-corrected chi connectivity index (χ4v) is 2.88. The van der Waals surface area contributed by atoms with E-state index < -0.39 is 0 Å². The smallest absolute Gasteiger partial charge is 0.256 e. The SMILES string of the molecule is CC(=O)N(C)c1ccc(NC(=O)c2ccccc2-c2ccccc2C#N)cc1. The molecule has 0 aliphatic rings. The zero-order valence-electron chi connectivity index (χ0n) is 15.6. The number of hydrogen-bond acceptors (Lipinski definition) is 3. The first-order valence-electron chi connectivity index (χ1n) is 8.75. The Morgan fingerprint density at radius 3 is 2.14 bits per heavy atom. The van der Waals surface area contributed by atoms with Gasteiger partial charge in [-0.15, -0.1) is 0 Å². The lowest BCUT2D eigenvalue weighted by Crippen LogP contribution is -2.22. The van der Waals surface area contributed by atoms with Crippen LogP contribution in [0, 0.1) is 11.3 Å². The van der Waals surface area contributed by atoms with E-state index >= 15 is 0 Å². The first-order valence-corrected chi connectivity index (χ1v) is 8.75. The van der Waals surface area contributed by atoms with Gasteiger partial charge in [0.15, 0.2) is 0 Å². The highest BCUT2D eigenvalue weighted by Crippen LogP contribution is 2.27. The number of benzene rings is 3. The van der Waals surface area contributed by atoms with Crippen LogP contribution in [0.2, 0.25) is 0 Å². The molecule has 0 atom stereocenters. The lowest BCUT2D eigenvalue weighted by Gasteiger charge is -2.16. The van der Waals surface area contributed by atoms with Gasteiger partial charge >= 0.3 is 0 Å². The average Bonchev–Trinajstić information content (AvgIpc) is 2.73. The van der Waals surface area contributed by atoms with Gasteiger partial charge in [0.05, 0.1) is 11.6 Å². The highest BCUT2D eigenvalue weighted by Gasteiger charge is 2.15. The molecule has 138 valence electrons. The normalized spacial score (nSPS) is 10.0. The molecule has 0 radical (unpaired) electrons. The summed E-state index contributed by atoms with van der Waals surface area (Å²) in [6, 6.07) is 23.6. The lowest BCUT2D eigenvalue weighted by molar-refractivity contribution is -0.116. The highest BCUT2D eigenvalue weighted by atomic mass is 16.2. The van der Waals surface area contributed by atoms with Crippen molar-refractivity contribution in [2.24, 2.45) is 0 Å². The molecule has 3 rings (SSSR count). The van der Waals surface area contributed by atoms with Crippen LogP contribution in [0.5, 0.6) is 0 Å². The maximum atomic E-state index is 12.9. The van der Waals surface area contributed by atoms with Gasteiger partial charge in [-0.1, -0.05) is 36.4 Å². The van der Waals surface area contributed by atoms with E-state index in [4.69, 9.17) is 0 Å². The van der Waals surface area contributed by atoms with E-state index in [1.807, 2.05) is 24.3 Å². The van der Waals surface area contributed by atoms with Crippen LogP contribution in [0.1, 0.15) is 22.8 Å². The predicted octanol–water partition coefficient (Wildman–Crippen LogP) is 4.46. The van der Waals surface area contributed by atoms with E-state index in [-0.39, 0.29) is 11.8 Å². The Morgan fingerprint density at radius 2 is 1.50 bits per heavy atom. The molecule has 5 nitrogen and oxygen atoms in total. The molecule has 0 aliphatic heterocycles. The van der Waals surface area contributed by atoms with Crippen molar-refractivity contribution in [3.05, 3.63) is 83.9 Å². The second-order valence-corrected chi connectivity index (χ2v) is 6.28. The van der Waals surface area contributed by atoms with Gasteiger partial charge in [-0.05, 0) is 42.0 Å². The zero-order chi connectivity index (χ0) is 20.1. The molecule has 3 aromatic rings. The minimum atomic E-state index is -0.268. The molecule has 28 heavy (non-hydrogen) atoms. The minimum Gasteiger partial charge on any atom is -0.322 e. The number of nitrogens with zero attached hydrogens (tertiary/aromatic N) is 2. The number of rotatable bonds is 4. The Labute approximate surface area is 163 Å². The Hall–Kier alpha value is -3.91. The van der Waals surface area contributed by atoms with Crippen molar-refractivity contribution in [1.82, 2.24) is 0 Å². The van der Waals surface area contributed by atoms with E-state index in [1.54, 1.807) is 55.6 Å². The van der Waals surface area contributed by atoms with Gasteiger partial charge in [-0.25, -0.2) is 0 Å². The third-order valence-corrected chi connectivity index (χ3v) is 4.49. The summed E-state index contributed by atoms with van der Waals surface area (Å²) in [7, 11) is 1.69. The molecule has 0 unspecified atom stereocenters. The molecular weight excluding hydrogens is 350 g/mol. The molecule has 0 fully saturated rings. The summed E-state index contributed by atoms with van der Waals surface area (Å²) in [5.74, 6) is -0.335. The van der Waals surface area contributed by atoms with Gasteiger partial charge in [-0.2, -0.15) is 5.26 Å². The Kier molecular flexibility index (Phi) is 5.52. The van der Waals surface area contributed by atoms with Crippen LogP contribution in [0.4, 0.5) is 11.4 Å². The largest absolute Gasteiger partial charge is 0.322 e. The van der Waals surface area contributed by atoms with Gasteiger partial charge in [0.25, 0.3) is 5.91 Å². The maximum absolute atomic E-state index is 12.9. The predicted molar refractivity (Wildman–Crippen MR) is 110 cm³/mol. The zero-order valence-corrected chi connectivity index (χ0v) is 15.6. The summed E-state index contributed by atoms with van der Waals surface area (Å²) < 4.78 is 0. The average molecular weight is 369 g/mol. The van der Waals surface area contributed by atoms with E-state index in [1.165, 1.54) is 11.8 Å². The fourth-order valence-electron chi connectivity index (χ4n) is 2.88. The van der Waals surface area contributed by atoms with Crippen LogP contribution < -0.4 is 10.2 Å². The molecule has 3 aromatic carbocycles. The molecule has 0 saturated heterocycles. The van der Waals surface area contributed by atoms with Crippen LogP contribution in [0.15, 0.2) is 72.8 Å². The number of carbonyl (C=O) groups is 2. The summed E-state index contributed by atoms with van der Waals surface area (Å²) in [6.07, 6.45) is 0. The van der Waals surface area contributed by atoms with Crippen LogP contribution >= 0.6 is 0 Å². The van der Waals surface area contributed by atoms with E-state index in [2.05, 4.69) is 11.4 Å². The summed E-state index contributed by atoms with van der Waals surface area (Å²) in [4.78, 5) is 25.9. The van der Waals surface area contributed by atoms with Crippen molar-refractivity contribution in [1.29, 1.82) is 5.26 Å². The third kappa shape index (κ3) is 3.92. The summed E-state index contributed by atoms with van der Waals surface area (Å²) >= 11 is 0. The van der Waals surface area contributed by atoms with Crippen molar-refractivity contribution in [2.75, 3.05) is 17.3 Å². The van der Waals surface area contributed by atoms with Gasteiger partial charge < -0.3 is 10.2 Å². The number of nitrogens with one attached hydrogen (secondary N) is 1. The summed E-state index contributed by atoms with van der Waals surface area (Å²) in [6.45, 7) is 1.49. The quantitative estimate of drug-likeness (QED) is 0.738. The monoisotopic (exact) mass is 369 g/mol. The fraction of sp³-hybridized carbons (Fsp3) is 0.0870. The molecule has 1 N–H and O–H groups in total. The van der Waals surface area contributed by atoms with Crippen molar-refractivity contribution >= 4 is 23.2 Å². The number of hydrogen-bond donors (Lipinski definition) is 1. The molecule has 0 spiro atoms. The van der Waals surface area contributed by atoms with Crippen molar-refractivity contribution in [2.45, 2.75) is 6.92 Å². The van der Waals surface area contributed by atoms with Crippen LogP contribution in [0.25, 0.3) is 11.1 Å². The standard InChI is InChI=1S/C23H19N3O2/c1-16(27)26(2)19-13-11-18(12-14-19)25-23(28)22-10-6-5-9-21(22)20-8-4-3-7-17(20)15-24/h3-14H,1-2H3,(H,25,28). The molecule has 5 heteroatoms. The van der Waals surface area contributed by atoms with Gasteiger partial charge in [0.2, 0.25) is 5.91 Å². The van der Waals surface area contributed by atoms with E-state index in [0.29, 0.717) is 27.9 Å². The number of amides is 2. The Balaban J connectivity index is 1.88.